The summed E-state index contributed by atoms with van der Waals surface area (Å²) in [6, 6.07) is 0. The molecule has 0 aromatic carbocycles. The molecule has 0 aromatic rings. The van der Waals surface area contributed by atoms with Crippen LogP contribution in [0.4, 0.5) is 0 Å². The van der Waals surface area contributed by atoms with Crippen molar-refractivity contribution in [2.24, 2.45) is 0 Å². The second kappa shape index (κ2) is 5.13. The maximum absolute atomic E-state index is 10.2. The molecule has 0 aromatic heterocycles. The number of hydrogen-bond donors (Lipinski definition) is 3. The molecule has 1 saturated heterocycles. The van der Waals surface area contributed by atoms with E-state index in [2.05, 4.69) is 6.58 Å². The number of aliphatic carboxylic acids is 1. The maximum Gasteiger partial charge on any atom is 0.330 e. The van der Waals surface area contributed by atoms with E-state index < -0.39 is 23.9 Å². The van der Waals surface area contributed by atoms with E-state index in [0.717, 1.165) is 0 Å². The zero-order valence-electron chi connectivity index (χ0n) is 7.61. The van der Waals surface area contributed by atoms with Gasteiger partial charge in [0, 0.05) is 5.57 Å². The summed E-state index contributed by atoms with van der Waals surface area (Å²) in [5.74, 6) is -1.92. The lowest BCUT2D eigenvalue weighted by molar-refractivity contribution is -0.132. The molecule has 14 heavy (non-hydrogen) atoms. The highest BCUT2D eigenvalue weighted by molar-refractivity contribution is 6.04. The molecule has 6 heteroatoms. The highest BCUT2D eigenvalue weighted by Gasteiger charge is 2.27. The molecule has 3 N–H and O–H groups in total. The summed E-state index contributed by atoms with van der Waals surface area (Å²) in [7, 11) is 0. The Bertz CT molecular complexity index is 271. The number of aliphatic hydroxyl groups excluding tert-OH is 1. The Morgan fingerprint density at radius 2 is 2.00 bits per heavy atom. The Morgan fingerprint density at radius 3 is 2.07 bits per heavy atom. The van der Waals surface area contributed by atoms with Gasteiger partial charge < -0.3 is 10.2 Å². The van der Waals surface area contributed by atoms with E-state index in [1.165, 1.54) is 6.92 Å². The molecule has 0 radical (unpaired) electrons. The summed E-state index contributed by atoms with van der Waals surface area (Å²) in [6.07, 6.45) is -1.19. The second-order valence-corrected chi connectivity index (χ2v) is 2.72. The van der Waals surface area contributed by atoms with E-state index in [1.807, 2.05) is 5.32 Å². The normalized spacial score (nSPS) is 19.4. The van der Waals surface area contributed by atoms with E-state index in [1.54, 1.807) is 0 Å². The number of rotatable bonds is 1. The molecule has 0 saturated carbocycles. The van der Waals surface area contributed by atoms with Gasteiger partial charge in [-0.05, 0) is 6.92 Å². The number of hydrogen-bond acceptors (Lipinski definition) is 4. The van der Waals surface area contributed by atoms with Crippen LogP contribution in [0, 0.1) is 0 Å². The lowest BCUT2D eigenvalue weighted by Gasteiger charge is -1.88. The minimum absolute atomic E-state index is 0.0845. The molecule has 1 aliphatic rings. The van der Waals surface area contributed by atoms with Crippen molar-refractivity contribution in [1.29, 1.82) is 0 Å². The van der Waals surface area contributed by atoms with Crippen molar-refractivity contribution >= 4 is 17.8 Å². The van der Waals surface area contributed by atoms with Crippen molar-refractivity contribution in [3.63, 3.8) is 0 Å². The SMILES string of the molecule is C=C(C)C(=O)O.O=C1CC(O)C(=O)N1. The number of aliphatic hydroxyl groups is 1. The standard InChI is InChI=1S/C4H5NO3.C4H6O2/c6-2-1-3(7)5-4(2)8;1-3(2)4(5)6/h2,6H,1H2,(H,5,7,8);1H2,2H3,(H,5,6). The molecule has 1 aliphatic heterocycles. The number of amides is 2. The van der Waals surface area contributed by atoms with Crippen molar-refractivity contribution in [2.75, 3.05) is 0 Å². The van der Waals surface area contributed by atoms with Crippen molar-refractivity contribution < 1.29 is 24.6 Å². The van der Waals surface area contributed by atoms with Crippen LogP contribution in [0.2, 0.25) is 0 Å². The quantitative estimate of drug-likeness (QED) is 0.374. The fourth-order valence-electron chi connectivity index (χ4n) is 0.540. The van der Waals surface area contributed by atoms with Crippen LogP contribution in [0.3, 0.4) is 0 Å². The first-order valence-corrected chi connectivity index (χ1v) is 3.75. The van der Waals surface area contributed by atoms with Gasteiger partial charge in [-0.1, -0.05) is 6.58 Å². The van der Waals surface area contributed by atoms with Crippen molar-refractivity contribution in [1.82, 2.24) is 5.32 Å². The zero-order valence-corrected chi connectivity index (χ0v) is 7.61. The first-order valence-electron chi connectivity index (χ1n) is 3.75. The van der Waals surface area contributed by atoms with Gasteiger partial charge >= 0.3 is 5.97 Å². The number of nitrogens with one attached hydrogen (secondary N) is 1. The summed E-state index contributed by atoms with van der Waals surface area (Å²) in [6.45, 7) is 4.60. The zero-order chi connectivity index (χ0) is 11.3. The third kappa shape index (κ3) is 4.36. The molecular weight excluding hydrogens is 190 g/mol. The molecule has 0 bridgehead atoms. The van der Waals surface area contributed by atoms with Crippen LogP contribution in [0.15, 0.2) is 12.2 Å². The van der Waals surface area contributed by atoms with E-state index in [-0.39, 0.29) is 12.0 Å². The number of carboxylic acid groups (broad SMARTS) is 1. The van der Waals surface area contributed by atoms with E-state index >= 15 is 0 Å². The average molecular weight is 201 g/mol. The van der Waals surface area contributed by atoms with Crippen LogP contribution in [0.1, 0.15) is 13.3 Å². The van der Waals surface area contributed by atoms with Gasteiger partial charge in [0.25, 0.3) is 5.91 Å². The van der Waals surface area contributed by atoms with Gasteiger partial charge in [-0.15, -0.1) is 0 Å². The number of carbonyl (C=O) groups is 3. The van der Waals surface area contributed by atoms with E-state index in [4.69, 9.17) is 10.2 Å². The van der Waals surface area contributed by atoms with Crippen molar-refractivity contribution in [3.05, 3.63) is 12.2 Å². The Labute approximate surface area is 80.2 Å². The highest BCUT2D eigenvalue weighted by Crippen LogP contribution is 1.98. The van der Waals surface area contributed by atoms with Gasteiger partial charge in [0.15, 0.2) is 0 Å². The fraction of sp³-hybridized carbons (Fsp3) is 0.375. The van der Waals surface area contributed by atoms with Gasteiger partial charge in [-0.25, -0.2) is 4.79 Å². The van der Waals surface area contributed by atoms with E-state index in [9.17, 15) is 14.4 Å². The predicted octanol–water partition coefficient (Wildman–Crippen LogP) is -0.959. The molecule has 0 aliphatic carbocycles. The molecule has 1 unspecified atom stereocenters. The minimum atomic E-state index is -1.11. The van der Waals surface area contributed by atoms with Gasteiger partial charge in [-0.2, -0.15) is 0 Å². The Balaban J connectivity index is 0.000000255. The lowest BCUT2D eigenvalue weighted by Crippen LogP contribution is -2.24. The predicted molar refractivity (Wildman–Crippen MR) is 46.2 cm³/mol. The Hall–Kier alpha value is -1.69. The summed E-state index contributed by atoms with van der Waals surface area (Å²) in [5, 5.41) is 18.4. The summed E-state index contributed by atoms with van der Waals surface area (Å²) in [4.78, 5) is 30.0. The fourth-order valence-corrected chi connectivity index (χ4v) is 0.540. The van der Waals surface area contributed by atoms with Gasteiger partial charge in [0.1, 0.15) is 6.10 Å². The molecule has 1 atom stereocenters. The number of imide groups is 1. The van der Waals surface area contributed by atoms with Crippen LogP contribution in [0.5, 0.6) is 0 Å². The lowest BCUT2D eigenvalue weighted by atomic mass is 10.3. The van der Waals surface area contributed by atoms with E-state index in [0.29, 0.717) is 0 Å². The molecule has 1 rings (SSSR count). The Morgan fingerprint density at radius 1 is 1.57 bits per heavy atom. The molecule has 1 fully saturated rings. The topological polar surface area (TPSA) is 104 Å². The van der Waals surface area contributed by atoms with Crippen LogP contribution >= 0.6 is 0 Å². The van der Waals surface area contributed by atoms with Crippen LogP contribution in [0.25, 0.3) is 0 Å². The summed E-state index contributed by atoms with van der Waals surface area (Å²) >= 11 is 0. The third-order valence-electron chi connectivity index (χ3n) is 1.31. The van der Waals surface area contributed by atoms with Crippen molar-refractivity contribution in [2.45, 2.75) is 19.4 Å². The van der Waals surface area contributed by atoms with Crippen LogP contribution in [-0.4, -0.2) is 34.1 Å². The first kappa shape index (κ1) is 12.3. The molecule has 6 nitrogen and oxygen atoms in total. The third-order valence-corrected chi connectivity index (χ3v) is 1.31. The van der Waals surface area contributed by atoms with Gasteiger partial charge in [-0.3, -0.25) is 14.9 Å². The minimum Gasteiger partial charge on any atom is -0.478 e. The first-order chi connectivity index (χ1) is 6.34. The van der Waals surface area contributed by atoms with Crippen LogP contribution < -0.4 is 5.32 Å². The molecule has 78 valence electrons. The molecular formula is C8H11NO5. The number of carbonyl (C=O) groups excluding carboxylic acids is 2. The van der Waals surface area contributed by atoms with Gasteiger partial charge in [0.2, 0.25) is 5.91 Å². The largest absolute Gasteiger partial charge is 0.478 e. The highest BCUT2D eigenvalue weighted by atomic mass is 16.4. The monoisotopic (exact) mass is 201 g/mol. The molecule has 0 spiro atoms. The average Bonchev–Trinajstić information content (AvgIpc) is 2.30. The number of carboxylic acids is 1. The van der Waals surface area contributed by atoms with Crippen molar-refractivity contribution in [3.8, 4) is 0 Å². The second-order valence-electron chi connectivity index (χ2n) is 2.72. The van der Waals surface area contributed by atoms with Gasteiger partial charge in [0.05, 0.1) is 6.42 Å². The molecule has 2 amide bonds. The maximum atomic E-state index is 10.2. The smallest absolute Gasteiger partial charge is 0.330 e. The molecule has 1 heterocycles. The Kier molecular flexibility index (Phi) is 4.51. The summed E-state index contributed by atoms with van der Waals surface area (Å²) < 4.78 is 0. The summed E-state index contributed by atoms with van der Waals surface area (Å²) in [5.41, 5.74) is 0.176. The van der Waals surface area contributed by atoms with Crippen LogP contribution in [-0.2, 0) is 14.4 Å².